The first-order chi connectivity index (χ1) is 15.0. The van der Waals surface area contributed by atoms with Gasteiger partial charge in [-0.3, -0.25) is 10.3 Å². The topological polar surface area (TPSA) is 53.8 Å². The fourth-order valence-electron chi connectivity index (χ4n) is 3.90. The first-order valence-corrected chi connectivity index (χ1v) is 11.4. The molecule has 0 radical (unpaired) electrons. The third-order valence-corrected chi connectivity index (χ3v) is 6.32. The Balaban J connectivity index is 1.80. The summed E-state index contributed by atoms with van der Waals surface area (Å²) >= 11 is 9.81. The molecule has 0 saturated carbocycles. The summed E-state index contributed by atoms with van der Waals surface area (Å²) in [5, 5.41) is 14.7. The molecule has 0 aromatic heterocycles. The molecule has 1 heterocycles. The number of hydrogen-bond donors (Lipinski definition) is 2. The summed E-state index contributed by atoms with van der Waals surface area (Å²) in [5.41, 5.74) is 5.00. The van der Waals surface area contributed by atoms with Gasteiger partial charge in [0.2, 0.25) is 0 Å². The van der Waals surface area contributed by atoms with Crippen LogP contribution in [0.1, 0.15) is 47.8 Å². The molecule has 1 aliphatic heterocycles. The zero-order chi connectivity index (χ0) is 22.0. The second-order valence-electron chi connectivity index (χ2n) is 7.54. The lowest BCUT2D eigenvalue weighted by molar-refractivity contribution is 0.381. The van der Waals surface area contributed by atoms with E-state index in [4.69, 9.17) is 21.3 Å². The van der Waals surface area contributed by atoms with Gasteiger partial charge < -0.3 is 9.84 Å². The zero-order valence-electron chi connectivity index (χ0n) is 17.4. The Kier molecular flexibility index (Phi) is 6.65. The molecule has 0 spiro atoms. The summed E-state index contributed by atoms with van der Waals surface area (Å²) in [6, 6.07) is 19.4. The van der Waals surface area contributed by atoms with Crippen molar-refractivity contribution in [3.05, 3.63) is 92.4 Å². The maximum absolute atomic E-state index is 10.5. The van der Waals surface area contributed by atoms with Gasteiger partial charge in [-0.2, -0.15) is 0 Å². The third-order valence-electron chi connectivity index (χ3n) is 5.59. The van der Waals surface area contributed by atoms with Gasteiger partial charge in [-0.05, 0) is 53.9 Å². The molecule has 4 rings (SSSR count). The molecular weight excluding hydrogens is 476 g/mol. The van der Waals surface area contributed by atoms with Crippen LogP contribution in [0, 0.1) is 0 Å². The fraction of sp³-hybridized carbons (Fsp3) is 0.240. The van der Waals surface area contributed by atoms with E-state index in [9.17, 15) is 5.11 Å². The molecule has 0 fully saturated rings. The largest absolute Gasteiger partial charge is 0.508 e. The van der Waals surface area contributed by atoms with Crippen molar-refractivity contribution >= 4 is 33.2 Å². The van der Waals surface area contributed by atoms with Crippen LogP contribution in [-0.4, -0.2) is 17.9 Å². The number of methoxy groups -OCH3 is 1. The molecule has 0 amide bonds. The number of phenols is 1. The smallest absolute Gasteiger partial charge is 0.130 e. The standard InChI is InChI=1S/C25H24BrClN2O2/c1-3-15-4-6-16(7-5-15)21-14-22(19-13-18(27)9-10-23(19)30)29-25(28-21)20-12-17(26)8-11-24(20)31-2/h4-13,22,25,29-30H,3,14H2,1-2H3/t22-,25+/m1/s1. The van der Waals surface area contributed by atoms with Crippen molar-refractivity contribution in [2.75, 3.05) is 7.11 Å². The molecule has 1 aliphatic rings. The van der Waals surface area contributed by atoms with Crippen molar-refractivity contribution in [2.45, 2.75) is 32.0 Å². The van der Waals surface area contributed by atoms with Crippen LogP contribution in [-0.2, 0) is 6.42 Å². The van der Waals surface area contributed by atoms with Crippen molar-refractivity contribution < 1.29 is 9.84 Å². The predicted molar refractivity (Wildman–Crippen MR) is 129 cm³/mol. The molecule has 4 nitrogen and oxygen atoms in total. The third kappa shape index (κ3) is 4.79. The average Bonchev–Trinajstić information content (AvgIpc) is 2.80. The summed E-state index contributed by atoms with van der Waals surface area (Å²) in [5.74, 6) is 0.963. The summed E-state index contributed by atoms with van der Waals surface area (Å²) in [7, 11) is 1.66. The molecule has 6 heteroatoms. The Morgan fingerprint density at radius 1 is 1.10 bits per heavy atom. The van der Waals surface area contributed by atoms with Crippen LogP contribution in [0.4, 0.5) is 0 Å². The van der Waals surface area contributed by atoms with Crippen LogP contribution in [0.15, 0.2) is 70.1 Å². The number of benzene rings is 3. The Morgan fingerprint density at radius 3 is 2.58 bits per heavy atom. The number of halogens is 2. The molecule has 160 valence electrons. The second kappa shape index (κ2) is 9.43. The Bertz CT molecular complexity index is 1120. The SMILES string of the molecule is CCc1ccc(C2=N[C@H](c3cc(Br)ccc3OC)N[C@@H](c3cc(Cl)ccc3O)C2)cc1. The van der Waals surface area contributed by atoms with E-state index >= 15 is 0 Å². The van der Waals surface area contributed by atoms with Crippen LogP contribution >= 0.6 is 27.5 Å². The molecule has 3 aromatic carbocycles. The van der Waals surface area contributed by atoms with E-state index < -0.39 is 0 Å². The van der Waals surface area contributed by atoms with Gasteiger partial charge in [0.25, 0.3) is 0 Å². The highest BCUT2D eigenvalue weighted by atomic mass is 79.9. The predicted octanol–water partition coefficient (Wildman–Crippen LogP) is 6.60. The highest BCUT2D eigenvalue weighted by Gasteiger charge is 2.29. The lowest BCUT2D eigenvalue weighted by Crippen LogP contribution is -2.33. The van der Waals surface area contributed by atoms with E-state index in [0.29, 0.717) is 11.4 Å². The minimum atomic E-state index is -0.342. The normalized spacial score (nSPS) is 18.5. The van der Waals surface area contributed by atoms with E-state index in [1.165, 1.54) is 5.56 Å². The van der Waals surface area contributed by atoms with Gasteiger partial charge in [0.15, 0.2) is 0 Å². The first kappa shape index (κ1) is 21.9. The number of aryl methyl sites for hydroxylation is 1. The Hall–Kier alpha value is -2.34. The minimum Gasteiger partial charge on any atom is -0.508 e. The van der Waals surface area contributed by atoms with Gasteiger partial charge in [0.05, 0.1) is 7.11 Å². The van der Waals surface area contributed by atoms with Crippen molar-refractivity contribution in [2.24, 2.45) is 4.99 Å². The van der Waals surface area contributed by atoms with E-state index in [1.54, 1.807) is 19.2 Å². The highest BCUT2D eigenvalue weighted by Crippen LogP contribution is 2.38. The fourth-order valence-corrected chi connectivity index (χ4v) is 4.46. The van der Waals surface area contributed by atoms with Crippen molar-refractivity contribution in [3.63, 3.8) is 0 Å². The molecule has 2 N–H and O–H groups in total. The van der Waals surface area contributed by atoms with Crippen LogP contribution in [0.3, 0.4) is 0 Å². The van der Waals surface area contributed by atoms with Gasteiger partial charge in [-0.25, -0.2) is 0 Å². The maximum Gasteiger partial charge on any atom is 0.130 e. The Morgan fingerprint density at radius 2 is 1.87 bits per heavy atom. The summed E-state index contributed by atoms with van der Waals surface area (Å²) in [6.45, 7) is 2.14. The lowest BCUT2D eigenvalue weighted by Gasteiger charge is -2.31. The van der Waals surface area contributed by atoms with E-state index in [1.807, 2.05) is 24.3 Å². The number of aromatic hydroxyl groups is 1. The number of rotatable bonds is 5. The molecule has 0 aliphatic carbocycles. The minimum absolute atomic E-state index is 0.161. The molecule has 31 heavy (non-hydrogen) atoms. The zero-order valence-corrected chi connectivity index (χ0v) is 19.7. The van der Waals surface area contributed by atoms with Crippen molar-refractivity contribution in [1.82, 2.24) is 5.32 Å². The number of ether oxygens (including phenoxy) is 1. The molecule has 2 atom stereocenters. The van der Waals surface area contributed by atoms with Gasteiger partial charge in [0, 0.05) is 38.8 Å². The average molecular weight is 500 g/mol. The maximum atomic E-state index is 10.5. The van der Waals surface area contributed by atoms with Crippen LogP contribution < -0.4 is 10.1 Å². The van der Waals surface area contributed by atoms with Gasteiger partial charge >= 0.3 is 0 Å². The molecule has 0 bridgehead atoms. The quantitative estimate of drug-likeness (QED) is 0.416. The monoisotopic (exact) mass is 498 g/mol. The number of phenolic OH excluding ortho intramolecular Hbond substituents is 1. The molecule has 0 unspecified atom stereocenters. The van der Waals surface area contributed by atoms with E-state index in [0.717, 1.165) is 39.0 Å². The van der Waals surface area contributed by atoms with Crippen molar-refractivity contribution in [1.29, 1.82) is 0 Å². The van der Waals surface area contributed by atoms with Gasteiger partial charge in [0.1, 0.15) is 17.7 Å². The van der Waals surface area contributed by atoms with Gasteiger partial charge in [-0.15, -0.1) is 0 Å². The highest BCUT2D eigenvalue weighted by molar-refractivity contribution is 9.10. The number of nitrogens with zero attached hydrogens (tertiary/aromatic N) is 1. The molecular formula is C25H24BrClN2O2. The Labute approximate surface area is 196 Å². The summed E-state index contributed by atoms with van der Waals surface area (Å²) in [4.78, 5) is 5.05. The van der Waals surface area contributed by atoms with E-state index in [2.05, 4.69) is 52.4 Å². The van der Waals surface area contributed by atoms with Crippen molar-refractivity contribution in [3.8, 4) is 11.5 Å². The first-order valence-electron chi connectivity index (χ1n) is 10.2. The number of aliphatic imine (C=N–C) groups is 1. The lowest BCUT2D eigenvalue weighted by atomic mass is 9.93. The van der Waals surface area contributed by atoms with Crippen LogP contribution in [0.25, 0.3) is 0 Å². The summed E-state index contributed by atoms with van der Waals surface area (Å²) in [6.07, 6.45) is 1.28. The summed E-state index contributed by atoms with van der Waals surface area (Å²) < 4.78 is 6.55. The second-order valence-corrected chi connectivity index (χ2v) is 8.89. The molecule has 0 saturated heterocycles. The number of nitrogens with one attached hydrogen (secondary N) is 1. The molecule has 3 aromatic rings. The van der Waals surface area contributed by atoms with Crippen LogP contribution in [0.2, 0.25) is 5.02 Å². The van der Waals surface area contributed by atoms with Crippen LogP contribution in [0.5, 0.6) is 11.5 Å². The number of hydrogen-bond acceptors (Lipinski definition) is 4. The van der Waals surface area contributed by atoms with E-state index in [-0.39, 0.29) is 18.0 Å². The van der Waals surface area contributed by atoms with Gasteiger partial charge in [-0.1, -0.05) is 58.7 Å².